The summed E-state index contributed by atoms with van der Waals surface area (Å²) in [5.41, 5.74) is 1.40. The first-order valence-electron chi connectivity index (χ1n) is 8.02. The lowest BCUT2D eigenvalue weighted by Crippen LogP contribution is -2.47. The zero-order valence-corrected chi connectivity index (χ0v) is 13.0. The molecule has 2 N–H and O–H groups in total. The molecule has 0 saturated carbocycles. The second-order valence-corrected chi connectivity index (χ2v) is 5.81. The van der Waals surface area contributed by atoms with E-state index in [1.165, 1.54) is 0 Å². The molecule has 22 heavy (non-hydrogen) atoms. The minimum absolute atomic E-state index is 0.481. The van der Waals surface area contributed by atoms with Gasteiger partial charge in [-0.2, -0.15) is 0 Å². The summed E-state index contributed by atoms with van der Waals surface area (Å²) in [5, 5.41) is 14.0. The maximum atomic E-state index is 10.4. The van der Waals surface area contributed by atoms with Crippen LogP contribution in [0.2, 0.25) is 0 Å². The van der Waals surface area contributed by atoms with E-state index in [1.54, 1.807) is 0 Å². The lowest BCUT2D eigenvalue weighted by atomic mass is 9.95. The Bertz CT molecular complexity index is 614. The average Bonchev–Trinajstić information content (AvgIpc) is 2.72. The highest BCUT2D eigenvalue weighted by molar-refractivity contribution is 5.38. The van der Waals surface area contributed by atoms with Crippen LogP contribution in [0.15, 0.2) is 54.6 Å². The van der Waals surface area contributed by atoms with Crippen molar-refractivity contribution in [3.8, 4) is 5.75 Å². The first-order valence-corrected chi connectivity index (χ1v) is 8.02. The SMILES string of the molecule is CCCNC1(c2ccccc2)CCC(O)c2ccccc2O1. The summed E-state index contributed by atoms with van der Waals surface area (Å²) in [7, 11) is 0. The van der Waals surface area contributed by atoms with E-state index in [0.29, 0.717) is 6.42 Å². The smallest absolute Gasteiger partial charge is 0.187 e. The molecule has 2 unspecified atom stereocenters. The summed E-state index contributed by atoms with van der Waals surface area (Å²) in [6, 6.07) is 18.0. The van der Waals surface area contributed by atoms with E-state index in [1.807, 2.05) is 42.5 Å². The van der Waals surface area contributed by atoms with E-state index in [-0.39, 0.29) is 0 Å². The van der Waals surface area contributed by atoms with Gasteiger partial charge < -0.3 is 9.84 Å². The summed E-state index contributed by atoms with van der Waals surface area (Å²) in [6.45, 7) is 3.01. The van der Waals surface area contributed by atoms with Crippen LogP contribution in [-0.2, 0) is 5.72 Å². The summed E-state index contributed by atoms with van der Waals surface area (Å²) < 4.78 is 6.43. The largest absolute Gasteiger partial charge is 0.468 e. The van der Waals surface area contributed by atoms with E-state index >= 15 is 0 Å². The Balaban J connectivity index is 2.03. The summed E-state index contributed by atoms with van der Waals surface area (Å²) in [6.07, 6.45) is 1.95. The predicted molar refractivity (Wildman–Crippen MR) is 87.7 cm³/mol. The summed E-state index contributed by atoms with van der Waals surface area (Å²) in [5.74, 6) is 0.764. The van der Waals surface area contributed by atoms with Crippen molar-refractivity contribution in [3.05, 3.63) is 65.7 Å². The second kappa shape index (κ2) is 6.51. The molecular formula is C19H23NO2. The molecule has 2 atom stereocenters. The van der Waals surface area contributed by atoms with Crippen molar-refractivity contribution in [1.82, 2.24) is 5.32 Å². The van der Waals surface area contributed by atoms with Crippen LogP contribution in [0.3, 0.4) is 0 Å². The van der Waals surface area contributed by atoms with E-state index < -0.39 is 11.8 Å². The standard InChI is InChI=1S/C19H23NO2/c1-2-14-20-19(15-8-4-3-5-9-15)13-12-17(21)16-10-6-7-11-18(16)22-19/h3-11,17,20-21H,2,12-14H2,1H3. The number of fused-ring (bicyclic) bond motifs is 1. The third-order valence-electron chi connectivity index (χ3n) is 4.23. The number of hydrogen-bond acceptors (Lipinski definition) is 3. The molecule has 1 aliphatic rings. The number of hydrogen-bond donors (Lipinski definition) is 2. The molecule has 116 valence electrons. The van der Waals surface area contributed by atoms with Gasteiger partial charge in [-0.25, -0.2) is 0 Å². The Morgan fingerprint density at radius 3 is 2.64 bits per heavy atom. The van der Waals surface area contributed by atoms with Gasteiger partial charge in [0.1, 0.15) is 5.75 Å². The first-order chi connectivity index (χ1) is 10.7. The van der Waals surface area contributed by atoms with E-state index in [9.17, 15) is 5.11 Å². The number of ether oxygens (including phenoxy) is 1. The predicted octanol–water partition coefficient (Wildman–Crippen LogP) is 3.75. The van der Waals surface area contributed by atoms with Gasteiger partial charge in [0.15, 0.2) is 5.72 Å². The van der Waals surface area contributed by atoms with Gasteiger partial charge in [0.2, 0.25) is 0 Å². The van der Waals surface area contributed by atoms with Gasteiger partial charge in [-0.05, 0) is 25.5 Å². The number of aliphatic hydroxyl groups excluding tert-OH is 1. The van der Waals surface area contributed by atoms with Crippen molar-refractivity contribution < 1.29 is 9.84 Å². The molecule has 0 saturated heterocycles. The number of rotatable bonds is 4. The van der Waals surface area contributed by atoms with Crippen LogP contribution in [0.1, 0.15) is 43.4 Å². The molecule has 2 aromatic carbocycles. The van der Waals surface area contributed by atoms with Crippen LogP contribution in [0.25, 0.3) is 0 Å². The van der Waals surface area contributed by atoms with Gasteiger partial charge in [0.05, 0.1) is 6.10 Å². The highest BCUT2D eigenvalue weighted by atomic mass is 16.5. The number of nitrogens with one attached hydrogen (secondary N) is 1. The van der Waals surface area contributed by atoms with E-state index in [0.717, 1.165) is 36.3 Å². The molecule has 3 nitrogen and oxygen atoms in total. The van der Waals surface area contributed by atoms with Crippen molar-refractivity contribution in [2.75, 3.05) is 6.54 Å². The van der Waals surface area contributed by atoms with Gasteiger partial charge in [-0.3, -0.25) is 5.32 Å². The van der Waals surface area contributed by atoms with Crippen molar-refractivity contribution >= 4 is 0 Å². The first kappa shape index (κ1) is 15.1. The minimum atomic E-state index is -0.579. The van der Waals surface area contributed by atoms with Crippen molar-refractivity contribution in [2.45, 2.75) is 38.0 Å². The Labute approximate surface area is 131 Å². The van der Waals surface area contributed by atoms with Crippen molar-refractivity contribution in [2.24, 2.45) is 0 Å². The van der Waals surface area contributed by atoms with Crippen LogP contribution in [0.5, 0.6) is 5.75 Å². The molecule has 1 heterocycles. The Hall–Kier alpha value is -1.84. The zero-order chi connectivity index (χ0) is 15.4. The molecule has 3 heteroatoms. The molecule has 0 fully saturated rings. The lowest BCUT2D eigenvalue weighted by molar-refractivity contribution is 0.0180. The van der Waals surface area contributed by atoms with Gasteiger partial charge in [0.25, 0.3) is 0 Å². The van der Waals surface area contributed by atoms with Gasteiger partial charge in [-0.15, -0.1) is 0 Å². The number of aliphatic hydroxyl groups is 1. The minimum Gasteiger partial charge on any atom is -0.468 e. The Morgan fingerprint density at radius 2 is 1.86 bits per heavy atom. The van der Waals surface area contributed by atoms with Gasteiger partial charge in [0, 0.05) is 17.5 Å². The van der Waals surface area contributed by atoms with Gasteiger partial charge >= 0.3 is 0 Å². The maximum absolute atomic E-state index is 10.4. The normalized spacial score (nSPS) is 24.2. The molecule has 0 amide bonds. The van der Waals surface area contributed by atoms with Crippen LogP contribution >= 0.6 is 0 Å². The highest BCUT2D eigenvalue weighted by Crippen LogP contribution is 2.40. The van der Waals surface area contributed by atoms with Crippen LogP contribution < -0.4 is 10.1 Å². The Morgan fingerprint density at radius 1 is 1.14 bits per heavy atom. The number of benzene rings is 2. The second-order valence-electron chi connectivity index (χ2n) is 5.81. The molecular weight excluding hydrogens is 274 g/mol. The van der Waals surface area contributed by atoms with Crippen LogP contribution in [0.4, 0.5) is 0 Å². The third kappa shape index (κ3) is 2.87. The quantitative estimate of drug-likeness (QED) is 0.903. The lowest BCUT2D eigenvalue weighted by Gasteiger charge is -2.35. The highest BCUT2D eigenvalue weighted by Gasteiger charge is 2.38. The molecule has 0 aliphatic carbocycles. The van der Waals surface area contributed by atoms with E-state index in [4.69, 9.17) is 4.74 Å². The molecule has 0 aromatic heterocycles. The fraction of sp³-hybridized carbons (Fsp3) is 0.368. The molecule has 0 bridgehead atoms. The maximum Gasteiger partial charge on any atom is 0.187 e. The van der Waals surface area contributed by atoms with Crippen molar-refractivity contribution in [1.29, 1.82) is 0 Å². The fourth-order valence-electron chi connectivity index (χ4n) is 3.05. The molecule has 3 rings (SSSR count). The molecule has 0 spiro atoms. The Kier molecular flexibility index (Phi) is 4.46. The monoisotopic (exact) mass is 297 g/mol. The fourth-order valence-corrected chi connectivity index (χ4v) is 3.05. The van der Waals surface area contributed by atoms with Gasteiger partial charge in [-0.1, -0.05) is 55.5 Å². The zero-order valence-electron chi connectivity index (χ0n) is 13.0. The molecule has 1 aliphatic heterocycles. The summed E-state index contributed by atoms with van der Waals surface area (Å²) >= 11 is 0. The van der Waals surface area contributed by atoms with Crippen LogP contribution in [-0.4, -0.2) is 11.7 Å². The molecule has 2 aromatic rings. The van der Waals surface area contributed by atoms with Crippen molar-refractivity contribution in [3.63, 3.8) is 0 Å². The third-order valence-corrected chi connectivity index (χ3v) is 4.23. The summed E-state index contributed by atoms with van der Waals surface area (Å²) in [4.78, 5) is 0. The average molecular weight is 297 g/mol. The molecule has 0 radical (unpaired) electrons. The number of para-hydroxylation sites is 1. The van der Waals surface area contributed by atoms with Crippen LogP contribution in [0, 0.1) is 0 Å². The topological polar surface area (TPSA) is 41.5 Å². The van der Waals surface area contributed by atoms with E-state index in [2.05, 4.69) is 24.4 Å².